The van der Waals surface area contributed by atoms with Crippen LogP contribution in [0.3, 0.4) is 0 Å². The molecule has 1 saturated heterocycles. The van der Waals surface area contributed by atoms with E-state index in [4.69, 9.17) is 0 Å². The lowest BCUT2D eigenvalue weighted by molar-refractivity contribution is -0.384. The van der Waals surface area contributed by atoms with Crippen LogP contribution >= 0.6 is 0 Å². The van der Waals surface area contributed by atoms with Gasteiger partial charge in [-0.3, -0.25) is 14.9 Å². The molecule has 0 spiro atoms. The van der Waals surface area contributed by atoms with Gasteiger partial charge in [0.1, 0.15) is 5.69 Å². The van der Waals surface area contributed by atoms with Crippen LogP contribution in [-0.2, 0) is 4.79 Å². The molecule has 20 heavy (non-hydrogen) atoms. The first-order valence-electron chi connectivity index (χ1n) is 6.70. The summed E-state index contributed by atoms with van der Waals surface area (Å²) in [5.74, 6) is -0.301. The molecule has 0 saturated carbocycles. The van der Waals surface area contributed by atoms with Crippen LogP contribution in [0.15, 0.2) is 12.1 Å². The molecule has 0 bridgehead atoms. The fourth-order valence-electron chi connectivity index (χ4n) is 2.49. The van der Waals surface area contributed by atoms with E-state index in [0.29, 0.717) is 0 Å². The van der Waals surface area contributed by atoms with Gasteiger partial charge in [-0.2, -0.15) is 0 Å². The highest BCUT2D eigenvalue weighted by atomic mass is 16.6. The summed E-state index contributed by atoms with van der Waals surface area (Å²) in [6.45, 7) is 6.44. The molecule has 6 nitrogen and oxygen atoms in total. The van der Waals surface area contributed by atoms with Crippen LogP contribution < -0.4 is 10.6 Å². The topological polar surface area (TPSA) is 84.3 Å². The third-order valence-electron chi connectivity index (χ3n) is 3.93. The SMILES string of the molecule is Cc1cc(NC(=O)C2CCNC2C)c([N+](=O)[O-])cc1C. The van der Waals surface area contributed by atoms with E-state index in [1.807, 2.05) is 20.8 Å². The number of rotatable bonds is 3. The number of hydrogen-bond acceptors (Lipinski definition) is 4. The summed E-state index contributed by atoms with van der Waals surface area (Å²) in [5.41, 5.74) is 1.98. The fourth-order valence-corrected chi connectivity index (χ4v) is 2.49. The first-order chi connectivity index (χ1) is 9.40. The normalized spacial score (nSPS) is 21.8. The predicted octanol–water partition coefficient (Wildman–Crippen LogP) is 2.15. The van der Waals surface area contributed by atoms with E-state index < -0.39 is 4.92 Å². The van der Waals surface area contributed by atoms with E-state index in [1.54, 1.807) is 6.07 Å². The van der Waals surface area contributed by atoms with E-state index in [9.17, 15) is 14.9 Å². The van der Waals surface area contributed by atoms with Crippen LogP contribution in [0.25, 0.3) is 0 Å². The highest BCUT2D eigenvalue weighted by molar-refractivity contribution is 5.95. The number of nitro groups is 1. The maximum atomic E-state index is 12.2. The van der Waals surface area contributed by atoms with Crippen molar-refractivity contribution >= 4 is 17.3 Å². The van der Waals surface area contributed by atoms with Crippen molar-refractivity contribution in [2.45, 2.75) is 33.2 Å². The first kappa shape index (κ1) is 14.5. The van der Waals surface area contributed by atoms with Gasteiger partial charge in [-0.1, -0.05) is 0 Å². The summed E-state index contributed by atoms with van der Waals surface area (Å²) < 4.78 is 0. The lowest BCUT2D eigenvalue weighted by Gasteiger charge is -2.15. The van der Waals surface area contributed by atoms with Crippen molar-refractivity contribution in [3.63, 3.8) is 0 Å². The van der Waals surface area contributed by atoms with E-state index in [2.05, 4.69) is 10.6 Å². The van der Waals surface area contributed by atoms with Gasteiger partial charge in [0.25, 0.3) is 5.69 Å². The first-order valence-corrected chi connectivity index (χ1v) is 6.70. The van der Waals surface area contributed by atoms with Crippen LogP contribution in [0.2, 0.25) is 0 Å². The van der Waals surface area contributed by atoms with Crippen molar-refractivity contribution in [1.29, 1.82) is 0 Å². The molecular formula is C14H19N3O3. The maximum absolute atomic E-state index is 12.2. The average Bonchev–Trinajstić information content (AvgIpc) is 2.79. The zero-order chi connectivity index (χ0) is 14.9. The Hall–Kier alpha value is -1.95. The number of hydrogen-bond donors (Lipinski definition) is 2. The summed E-state index contributed by atoms with van der Waals surface area (Å²) in [7, 11) is 0. The van der Waals surface area contributed by atoms with Crippen LogP contribution in [0.4, 0.5) is 11.4 Å². The Morgan fingerprint density at radius 1 is 1.40 bits per heavy atom. The number of aryl methyl sites for hydroxylation is 2. The number of benzene rings is 1. The molecule has 6 heteroatoms. The van der Waals surface area contributed by atoms with Crippen molar-refractivity contribution in [2.24, 2.45) is 5.92 Å². The molecule has 0 radical (unpaired) electrons. The summed E-state index contributed by atoms with van der Waals surface area (Å²) in [6.07, 6.45) is 0.756. The Bertz CT molecular complexity index is 557. The smallest absolute Gasteiger partial charge is 0.293 e. The second-order valence-electron chi connectivity index (χ2n) is 5.34. The lowest BCUT2D eigenvalue weighted by atomic mass is 10.0. The largest absolute Gasteiger partial charge is 0.320 e. The van der Waals surface area contributed by atoms with Gasteiger partial charge in [0.05, 0.1) is 10.8 Å². The van der Waals surface area contributed by atoms with Gasteiger partial charge in [-0.25, -0.2) is 0 Å². The summed E-state index contributed by atoms with van der Waals surface area (Å²) in [6, 6.07) is 3.26. The molecule has 2 atom stereocenters. The minimum Gasteiger partial charge on any atom is -0.320 e. The standard InChI is InChI=1S/C14H19N3O3/c1-8-6-12(13(17(19)20)7-9(8)2)16-14(18)11-4-5-15-10(11)3/h6-7,10-11,15H,4-5H2,1-3H3,(H,16,18). The monoisotopic (exact) mass is 277 g/mol. The number of carbonyl (C=O) groups excluding carboxylic acids is 1. The van der Waals surface area contributed by atoms with Gasteiger partial charge in [0.2, 0.25) is 5.91 Å². The average molecular weight is 277 g/mol. The quantitative estimate of drug-likeness (QED) is 0.655. The van der Waals surface area contributed by atoms with Crippen LogP contribution in [0.5, 0.6) is 0 Å². The minimum atomic E-state index is -0.460. The molecule has 2 unspecified atom stereocenters. The maximum Gasteiger partial charge on any atom is 0.293 e. The minimum absolute atomic E-state index is 0.0555. The van der Waals surface area contributed by atoms with Gasteiger partial charge in [0.15, 0.2) is 0 Å². The van der Waals surface area contributed by atoms with Crippen LogP contribution in [0.1, 0.15) is 24.5 Å². The molecule has 2 N–H and O–H groups in total. The van der Waals surface area contributed by atoms with Crippen molar-refractivity contribution < 1.29 is 9.72 Å². The fraction of sp³-hybridized carbons (Fsp3) is 0.500. The predicted molar refractivity (Wildman–Crippen MR) is 76.8 cm³/mol. The highest BCUT2D eigenvalue weighted by Crippen LogP contribution is 2.29. The second kappa shape index (κ2) is 5.58. The molecule has 1 amide bonds. The molecule has 1 aromatic rings. The Kier molecular flexibility index (Phi) is 4.04. The number of amides is 1. The Labute approximate surface area is 117 Å². The van der Waals surface area contributed by atoms with Gasteiger partial charge >= 0.3 is 0 Å². The third-order valence-corrected chi connectivity index (χ3v) is 3.93. The van der Waals surface area contributed by atoms with Crippen molar-refractivity contribution in [3.05, 3.63) is 33.4 Å². The third kappa shape index (κ3) is 2.80. The van der Waals surface area contributed by atoms with Gasteiger partial charge < -0.3 is 10.6 Å². The number of carbonyl (C=O) groups is 1. The van der Waals surface area contributed by atoms with Gasteiger partial charge in [-0.05, 0) is 50.9 Å². The molecule has 1 aliphatic heterocycles. The van der Waals surface area contributed by atoms with Crippen LogP contribution in [-0.4, -0.2) is 23.4 Å². The highest BCUT2D eigenvalue weighted by Gasteiger charge is 2.30. The molecule has 1 aliphatic rings. The Morgan fingerprint density at radius 2 is 2.05 bits per heavy atom. The molecule has 108 valence electrons. The molecule has 1 heterocycles. The molecular weight excluding hydrogens is 258 g/mol. The zero-order valence-electron chi connectivity index (χ0n) is 11.9. The summed E-state index contributed by atoms with van der Waals surface area (Å²) in [4.78, 5) is 22.9. The number of anilines is 1. The zero-order valence-corrected chi connectivity index (χ0v) is 11.9. The van der Waals surface area contributed by atoms with Gasteiger partial charge in [-0.15, -0.1) is 0 Å². The van der Waals surface area contributed by atoms with E-state index in [-0.39, 0.29) is 29.2 Å². The Morgan fingerprint density at radius 3 is 2.60 bits per heavy atom. The summed E-state index contributed by atoms with van der Waals surface area (Å²) >= 11 is 0. The Balaban J connectivity index is 2.26. The number of nitro benzene ring substituents is 1. The van der Waals surface area contributed by atoms with E-state index in [1.165, 1.54) is 6.07 Å². The summed E-state index contributed by atoms with van der Waals surface area (Å²) in [5, 5.41) is 17.0. The number of nitrogens with one attached hydrogen (secondary N) is 2. The van der Waals surface area contributed by atoms with Crippen molar-refractivity contribution in [2.75, 3.05) is 11.9 Å². The van der Waals surface area contributed by atoms with Crippen molar-refractivity contribution in [1.82, 2.24) is 5.32 Å². The van der Waals surface area contributed by atoms with E-state index >= 15 is 0 Å². The van der Waals surface area contributed by atoms with Crippen molar-refractivity contribution in [3.8, 4) is 0 Å². The van der Waals surface area contributed by atoms with Gasteiger partial charge in [0, 0.05) is 12.1 Å². The molecule has 0 aliphatic carbocycles. The lowest BCUT2D eigenvalue weighted by Crippen LogP contribution is -2.32. The molecule has 2 rings (SSSR count). The second-order valence-corrected chi connectivity index (χ2v) is 5.34. The molecule has 0 aromatic heterocycles. The molecule has 1 fully saturated rings. The number of nitrogens with zero attached hydrogens (tertiary/aromatic N) is 1. The molecule has 1 aromatic carbocycles. The van der Waals surface area contributed by atoms with Crippen LogP contribution in [0, 0.1) is 29.9 Å². The van der Waals surface area contributed by atoms with E-state index in [0.717, 1.165) is 24.1 Å².